The Morgan fingerprint density at radius 1 is 1.22 bits per heavy atom. The number of aryl methyl sites for hydroxylation is 1. The van der Waals surface area contributed by atoms with Crippen molar-refractivity contribution in [2.24, 2.45) is 7.05 Å². The minimum absolute atomic E-state index is 0.155. The Labute approximate surface area is 181 Å². The SMILES string of the molecule is Cn1cc(-c2ccc(CO[C@@H]3[C@H](O)[C@@H](CO)O[C@H]3n3cnc4c(=O)[nH]cnc43)cc2)cn1. The summed E-state index contributed by atoms with van der Waals surface area (Å²) in [6, 6.07) is 7.84. The number of ether oxygens (including phenoxy) is 2. The van der Waals surface area contributed by atoms with E-state index in [1.165, 1.54) is 12.7 Å². The second-order valence-corrected chi connectivity index (χ2v) is 7.67. The van der Waals surface area contributed by atoms with Crippen LogP contribution in [0.2, 0.25) is 0 Å². The predicted molar refractivity (Wildman–Crippen MR) is 112 cm³/mol. The fraction of sp³-hybridized carbons (Fsp3) is 0.333. The van der Waals surface area contributed by atoms with Crippen molar-refractivity contribution in [2.45, 2.75) is 31.1 Å². The van der Waals surface area contributed by atoms with Crippen LogP contribution < -0.4 is 5.56 Å². The molecule has 3 aromatic heterocycles. The number of aliphatic hydroxyl groups excluding tert-OH is 2. The molecule has 4 atom stereocenters. The number of rotatable bonds is 6. The van der Waals surface area contributed by atoms with Crippen LogP contribution in [0.25, 0.3) is 22.3 Å². The summed E-state index contributed by atoms with van der Waals surface area (Å²) < 4.78 is 15.2. The third kappa shape index (κ3) is 3.60. The minimum Gasteiger partial charge on any atom is -0.394 e. The second-order valence-electron chi connectivity index (χ2n) is 7.67. The van der Waals surface area contributed by atoms with Crippen molar-refractivity contribution >= 4 is 11.2 Å². The molecule has 166 valence electrons. The van der Waals surface area contributed by atoms with E-state index in [0.717, 1.165) is 16.7 Å². The summed E-state index contributed by atoms with van der Waals surface area (Å²) in [7, 11) is 1.87. The lowest BCUT2D eigenvalue weighted by atomic mass is 10.1. The van der Waals surface area contributed by atoms with Crippen molar-refractivity contribution in [2.75, 3.05) is 6.61 Å². The van der Waals surface area contributed by atoms with Gasteiger partial charge in [-0.05, 0) is 11.1 Å². The maximum atomic E-state index is 12.0. The Hall–Kier alpha value is -3.38. The summed E-state index contributed by atoms with van der Waals surface area (Å²) in [5.41, 5.74) is 3.03. The first-order valence-corrected chi connectivity index (χ1v) is 10.1. The van der Waals surface area contributed by atoms with Gasteiger partial charge in [0, 0.05) is 18.8 Å². The molecule has 0 amide bonds. The van der Waals surface area contributed by atoms with Crippen molar-refractivity contribution < 1.29 is 19.7 Å². The van der Waals surface area contributed by atoms with Crippen LogP contribution in [0.4, 0.5) is 0 Å². The largest absolute Gasteiger partial charge is 0.394 e. The van der Waals surface area contributed by atoms with Gasteiger partial charge in [0.15, 0.2) is 17.4 Å². The molecule has 1 aliphatic heterocycles. The summed E-state index contributed by atoms with van der Waals surface area (Å²) in [5, 5.41) is 24.5. The van der Waals surface area contributed by atoms with Gasteiger partial charge in [-0.3, -0.25) is 14.0 Å². The molecule has 4 aromatic rings. The Bertz CT molecular complexity index is 1280. The number of fused-ring (bicyclic) bond motifs is 1. The minimum atomic E-state index is -1.07. The van der Waals surface area contributed by atoms with E-state index in [4.69, 9.17) is 9.47 Å². The highest BCUT2D eigenvalue weighted by molar-refractivity contribution is 5.68. The first-order chi connectivity index (χ1) is 15.5. The smallest absolute Gasteiger partial charge is 0.278 e. The zero-order valence-corrected chi connectivity index (χ0v) is 17.2. The third-order valence-electron chi connectivity index (χ3n) is 5.57. The fourth-order valence-electron chi connectivity index (χ4n) is 3.88. The number of nitrogens with one attached hydrogen (secondary N) is 1. The monoisotopic (exact) mass is 438 g/mol. The molecule has 0 aliphatic carbocycles. The van der Waals surface area contributed by atoms with E-state index in [-0.39, 0.29) is 24.3 Å². The van der Waals surface area contributed by atoms with E-state index >= 15 is 0 Å². The number of hydrogen-bond donors (Lipinski definition) is 3. The molecule has 0 radical (unpaired) electrons. The number of aromatic nitrogens is 6. The summed E-state index contributed by atoms with van der Waals surface area (Å²) in [6.07, 6.45) is 2.91. The molecule has 3 N–H and O–H groups in total. The number of nitrogens with zero attached hydrogens (tertiary/aromatic N) is 5. The molecule has 32 heavy (non-hydrogen) atoms. The van der Waals surface area contributed by atoms with Crippen LogP contribution in [0.1, 0.15) is 11.8 Å². The molecular formula is C21H22N6O5. The first kappa shape index (κ1) is 20.5. The zero-order valence-electron chi connectivity index (χ0n) is 17.2. The van der Waals surface area contributed by atoms with Gasteiger partial charge in [-0.1, -0.05) is 24.3 Å². The highest BCUT2D eigenvalue weighted by Gasteiger charge is 2.46. The summed E-state index contributed by atoms with van der Waals surface area (Å²) in [6.45, 7) is -0.161. The average Bonchev–Trinajstić information content (AvgIpc) is 3.50. The normalized spacial score (nSPS) is 23.2. The summed E-state index contributed by atoms with van der Waals surface area (Å²) in [4.78, 5) is 22.7. The van der Waals surface area contributed by atoms with E-state index in [9.17, 15) is 15.0 Å². The average molecular weight is 438 g/mol. The Kier molecular flexibility index (Phi) is 5.31. The maximum Gasteiger partial charge on any atom is 0.278 e. The Morgan fingerprint density at radius 2 is 2.03 bits per heavy atom. The maximum absolute atomic E-state index is 12.0. The molecule has 11 nitrogen and oxygen atoms in total. The van der Waals surface area contributed by atoms with Gasteiger partial charge in [0.25, 0.3) is 5.56 Å². The van der Waals surface area contributed by atoms with E-state index in [1.807, 2.05) is 37.5 Å². The van der Waals surface area contributed by atoms with Gasteiger partial charge in [-0.15, -0.1) is 0 Å². The first-order valence-electron chi connectivity index (χ1n) is 10.1. The molecule has 5 rings (SSSR count). The predicted octanol–water partition coefficient (Wildman–Crippen LogP) is 0.356. The molecule has 11 heteroatoms. The fourth-order valence-corrected chi connectivity index (χ4v) is 3.88. The number of benzene rings is 1. The van der Waals surface area contributed by atoms with Crippen molar-refractivity contribution in [3.05, 3.63) is 65.2 Å². The van der Waals surface area contributed by atoms with Gasteiger partial charge in [-0.25, -0.2) is 9.97 Å². The molecule has 1 aromatic carbocycles. The molecule has 1 aliphatic rings. The van der Waals surface area contributed by atoms with Crippen molar-refractivity contribution in [1.82, 2.24) is 29.3 Å². The molecule has 0 spiro atoms. The van der Waals surface area contributed by atoms with Crippen molar-refractivity contribution in [3.63, 3.8) is 0 Å². The van der Waals surface area contributed by atoms with Crippen LogP contribution in [-0.4, -0.2) is 64.4 Å². The van der Waals surface area contributed by atoms with Crippen LogP contribution in [0.15, 0.2) is 54.1 Å². The van der Waals surface area contributed by atoms with Crippen LogP contribution in [0.5, 0.6) is 0 Å². The second kappa shape index (κ2) is 8.28. The van der Waals surface area contributed by atoms with Gasteiger partial charge < -0.3 is 24.7 Å². The number of aliphatic hydroxyl groups is 2. The summed E-state index contributed by atoms with van der Waals surface area (Å²) >= 11 is 0. The molecule has 1 saturated heterocycles. The number of H-pyrrole nitrogens is 1. The number of hydrogen-bond acceptors (Lipinski definition) is 8. The lowest BCUT2D eigenvalue weighted by Gasteiger charge is -2.22. The molecule has 4 heterocycles. The third-order valence-corrected chi connectivity index (χ3v) is 5.57. The van der Waals surface area contributed by atoms with Crippen molar-refractivity contribution in [3.8, 4) is 11.1 Å². The zero-order chi connectivity index (χ0) is 22.2. The molecular weight excluding hydrogens is 416 g/mol. The van der Waals surface area contributed by atoms with E-state index in [0.29, 0.717) is 5.65 Å². The van der Waals surface area contributed by atoms with Gasteiger partial charge in [-0.2, -0.15) is 5.10 Å². The van der Waals surface area contributed by atoms with Crippen molar-refractivity contribution in [1.29, 1.82) is 0 Å². The molecule has 0 saturated carbocycles. The highest BCUT2D eigenvalue weighted by atomic mass is 16.6. The highest BCUT2D eigenvalue weighted by Crippen LogP contribution is 2.33. The molecule has 1 fully saturated rings. The number of aromatic amines is 1. The van der Waals surface area contributed by atoms with E-state index in [1.54, 1.807) is 15.4 Å². The summed E-state index contributed by atoms with van der Waals surface area (Å²) in [5.74, 6) is 0. The van der Waals surface area contributed by atoms with Crippen LogP contribution in [0, 0.1) is 0 Å². The lowest BCUT2D eigenvalue weighted by Crippen LogP contribution is -2.35. The standard InChI is InChI=1S/C21H22N6O5/c1-26-7-14(6-25-26)13-4-2-12(3-5-13)9-31-18-17(29)15(8-28)32-21(18)27-11-24-16-19(27)22-10-23-20(16)30/h2-7,10-11,15,17-18,21,28-29H,8-9H2,1H3,(H,22,23,30)/t15-,17-,18-,21-/m1/s1. The Morgan fingerprint density at radius 3 is 2.75 bits per heavy atom. The van der Waals surface area contributed by atoms with Gasteiger partial charge in [0.1, 0.15) is 18.3 Å². The lowest BCUT2D eigenvalue weighted by molar-refractivity contribution is -0.0761. The van der Waals surface area contributed by atoms with Crippen LogP contribution >= 0.6 is 0 Å². The van der Waals surface area contributed by atoms with Gasteiger partial charge in [0.2, 0.25) is 0 Å². The van der Waals surface area contributed by atoms with Gasteiger partial charge in [0.05, 0.1) is 32.1 Å². The topological polar surface area (TPSA) is 140 Å². The van der Waals surface area contributed by atoms with Crippen LogP contribution in [0.3, 0.4) is 0 Å². The molecule has 0 bridgehead atoms. The quantitative estimate of drug-likeness (QED) is 0.392. The van der Waals surface area contributed by atoms with E-state index < -0.39 is 24.5 Å². The Balaban J connectivity index is 1.37. The number of imidazole rings is 1. The van der Waals surface area contributed by atoms with E-state index in [2.05, 4.69) is 20.1 Å². The van der Waals surface area contributed by atoms with Gasteiger partial charge >= 0.3 is 0 Å². The van der Waals surface area contributed by atoms with Crippen LogP contribution in [-0.2, 0) is 23.1 Å². The molecule has 0 unspecified atom stereocenters.